The van der Waals surface area contributed by atoms with Gasteiger partial charge in [0, 0.05) is 29.0 Å². The van der Waals surface area contributed by atoms with Crippen LogP contribution in [0.4, 0.5) is 11.4 Å². The molecule has 0 saturated carbocycles. The van der Waals surface area contributed by atoms with E-state index in [-0.39, 0.29) is 0 Å². The van der Waals surface area contributed by atoms with Gasteiger partial charge in [-0.05, 0) is 51.5 Å². The Balaban J connectivity index is 1.41. The molecule has 33 heavy (non-hydrogen) atoms. The molecule has 0 saturated heterocycles. The number of hydrogen-bond acceptors (Lipinski definition) is 4. The topological polar surface area (TPSA) is 77.5 Å². The van der Waals surface area contributed by atoms with Gasteiger partial charge in [-0.1, -0.05) is 29.8 Å². The van der Waals surface area contributed by atoms with E-state index in [1.807, 2.05) is 64.6 Å². The molecule has 1 aromatic carbocycles. The van der Waals surface area contributed by atoms with Crippen LogP contribution in [0, 0.1) is 20.8 Å². The normalized spacial score (nSPS) is 11.1. The van der Waals surface area contributed by atoms with Crippen molar-refractivity contribution in [1.82, 2.24) is 29.3 Å². The molecule has 0 amide bonds. The fourth-order valence-electron chi connectivity index (χ4n) is 3.74. The third kappa shape index (κ3) is 5.09. The number of nitrogens with zero attached hydrogens (tertiary/aromatic N) is 6. The fraction of sp³-hybridized carbons (Fsp3) is 0.304. The standard InChI is InChI=1S/C23H27ClN8S/c1-5-31-16(3)19(10-26-31)12-30-14-20(11-25-30)27-23(33)28-22-15(2)29-32(17(22)4)13-18-8-6-7-9-21(18)24/h6-11,14H,5,12-13H2,1-4H3,(H2,27,28,33). The lowest BCUT2D eigenvalue weighted by molar-refractivity contribution is 0.633. The molecule has 0 fully saturated rings. The summed E-state index contributed by atoms with van der Waals surface area (Å²) in [5.41, 5.74) is 6.85. The maximum absolute atomic E-state index is 6.32. The maximum atomic E-state index is 6.32. The highest BCUT2D eigenvalue weighted by Gasteiger charge is 2.14. The number of anilines is 2. The molecule has 3 heterocycles. The van der Waals surface area contributed by atoms with Crippen LogP contribution in [-0.4, -0.2) is 34.5 Å². The van der Waals surface area contributed by atoms with Gasteiger partial charge in [0.25, 0.3) is 0 Å². The summed E-state index contributed by atoms with van der Waals surface area (Å²) in [6, 6.07) is 7.79. The summed E-state index contributed by atoms with van der Waals surface area (Å²) < 4.78 is 5.78. The van der Waals surface area contributed by atoms with Crippen LogP contribution in [-0.2, 0) is 19.6 Å². The minimum absolute atomic E-state index is 0.480. The molecule has 10 heteroatoms. The summed E-state index contributed by atoms with van der Waals surface area (Å²) in [4.78, 5) is 0. The van der Waals surface area contributed by atoms with Gasteiger partial charge in [-0.3, -0.25) is 14.0 Å². The zero-order valence-electron chi connectivity index (χ0n) is 19.1. The van der Waals surface area contributed by atoms with Crippen molar-refractivity contribution in [3.8, 4) is 0 Å². The Hall–Kier alpha value is -3.17. The summed E-state index contributed by atoms with van der Waals surface area (Å²) >= 11 is 11.9. The first-order chi connectivity index (χ1) is 15.9. The van der Waals surface area contributed by atoms with Crippen molar-refractivity contribution >= 4 is 40.3 Å². The Morgan fingerprint density at radius 2 is 1.76 bits per heavy atom. The Kier molecular flexibility index (Phi) is 6.80. The lowest BCUT2D eigenvalue weighted by Gasteiger charge is -2.10. The van der Waals surface area contributed by atoms with Gasteiger partial charge in [-0.25, -0.2) is 0 Å². The third-order valence-electron chi connectivity index (χ3n) is 5.63. The SMILES string of the molecule is CCn1ncc(Cn2cc(NC(=S)Nc3c(C)nn(Cc4ccccc4Cl)c3C)cn2)c1C. The second-order valence-electron chi connectivity index (χ2n) is 7.87. The smallest absolute Gasteiger partial charge is 0.175 e. The maximum Gasteiger partial charge on any atom is 0.175 e. The minimum atomic E-state index is 0.480. The quantitative estimate of drug-likeness (QED) is 0.369. The van der Waals surface area contributed by atoms with Crippen molar-refractivity contribution in [2.45, 2.75) is 47.3 Å². The molecule has 0 aliphatic heterocycles. The van der Waals surface area contributed by atoms with Crippen molar-refractivity contribution in [2.75, 3.05) is 10.6 Å². The molecule has 3 aromatic heterocycles. The fourth-order valence-corrected chi connectivity index (χ4v) is 4.16. The first-order valence-corrected chi connectivity index (χ1v) is 11.5. The highest BCUT2D eigenvalue weighted by molar-refractivity contribution is 7.80. The van der Waals surface area contributed by atoms with Crippen molar-refractivity contribution in [2.24, 2.45) is 0 Å². The molecular weight excluding hydrogens is 456 g/mol. The van der Waals surface area contributed by atoms with E-state index in [2.05, 4.69) is 39.8 Å². The van der Waals surface area contributed by atoms with Crippen LogP contribution in [0.15, 0.2) is 42.9 Å². The number of rotatable bonds is 7. The number of hydrogen-bond donors (Lipinski definition) is 2. The van der Waals surface area contributed by atoms with E-state index in [0.29, 0.717) is 18.2 Å². The van der Waals surface area contributed by atoms with Gasteiger partial charge in [-0.2, -0.15) is 15.3 Å². The van der Waals surface area contributed by atoms with E-state index < -0.39 is 0 Å². The van der Waals surface area contributed by atoms with Crippen LogP contribution in [0.3, 0.4) is 0 Å². The Morgan fingerprint density at radius 1 is 0.970 bits per heavy atom. The largest absolute Gasteiger partial charge is 0.330 e. The first kappa shape index (κ1) is 23.0. The van der Waals surface area contributed by atoms with E-state index >= 15 is 0 Å². The van der Waals surface area contributed by atoms with Crippen LogP contribution >= 0.6 is 23.8 Å². The monoisotopic (exact) mass is 482 g/mol. The molecule has 0 aliphatic rings. The van der Waals surface area contributed by atoms with E-state index in [9.17, 15) is 0 Å². The second kappa shape index (κ2) is 9.76. The third-order valence-corrected chi connectivity index (χ3v) is 6.20. The van der Waals surface area contributed by atoms with E-state index in [0.717, 1.165) is 51.2 Å². The zero-order valence-corrected chi connectivity index (χ0v) is 20.7. The van der Waals surface area contributed by atoms with E-state index in [1.165, 1.54) is 0 Å². The molecule has 0 unspecified atom stereocenters. The van der Waals surface area contributed by atoms with Crippen molar-refractivity contribution in [3.05, 3.63) is 76.1 Å². The molecule has 2 N–H and O–H groups in total. The molecule has 172 valence electrons. The van der Waals surface area contributed by atoms with Crippen LogP contribution in [0.25, 0.3) is 0 Å². The van der Waals surface area contributed by atoms with Crippen molar-refractivity contribution < 1.29 is 0 Å². The molecular formula is C23H27ClN8S. The first-order valence-electron chi connectivity index (χ1n) is 10.7. The molecule has 0 radical (unpaired) electrons. The predicted octanol–water partition coefficient (Wildman–Crippen LogP) is 4.78. The van der Waals surface area contributed by atoms with Gasteiger partial charge in [0.05, 0.1) is 48.2 Å². The average Bonchev–Trinajstić information content (AvgIpc) is 3.45. The Morgan fingerprint density at radius 3 is 2.48 bits per heavy atom. The molecule has 8 nitrogen and oxygen atoms in total. The second-order valence-corrected chi connectivity index (χ2v) is 8.69. The summed E-state index contributed by atoms with van der Waals surface area (Å²) in [5, 5.41) is 21.2. The number of benzene rings is 1. The number of aromatic nitrogens is 6. The number of thiocarbonyl (C=S) groups is 1. The highest BCUT2D eigenvalue weighted by atomic mass is 35.5. The summed E-state index contributed by atoms with van der Waals surface area (Å²) in [7, 11) is 0. The lowest BCUT2D eigenvalue weighted by atomic mass is 10.2. The minimum Gasteiger partial charge on any atom is -0.330 e. The van der Waals surface area contributed by atoms with Gasteiger partial charge in [0.2, 0.25) is 0 Å². The zero-order chi connectivity index (χ0) is 23.5. The van der Waals surface area contributed by atoms with Crippen LogP contribution < -0.4 is 10.6 Å². The highest BCUT2D eigenvalue weighted by Crippen LogP contribution is 2.23. The average molecular weight is 483 g/mol. The molecule has 0 aliphatic carbocycles. The molecule has 4 aromatic rings. The number of halogens is 1. The molecule has 0 atom stereocenters. The number of nitrogens with one attached hydrogen (secondary N) is 2. The molecule has 0 bridgehead atoms. The summed E-state index contributed by atoms with van der Waals surface area (Å²) in [5.74, 6) is 0. The van der Waals surface area contributed by atoms with Crippen LogP contribution in [0.1, 0.15) is 35.1 Å². The molecule has 4 rings (SSSR count). The van der Waals surface area contributed by atoms with Crippen LogP contribution in [0.2, 0.25) is 5.02 Å². The van der Waals surface area contributed by atoms with Gasteiger partial charge >= 0.3 is 0 Å². The van der Waals surface area contributed by atoms with E-state index in [4.69, 9.17) is 23.8 Å². The molecule has 0 spiro atoms. The Labute approximate surface area is 203 Å². The lowest BCUT2D eigenvalue weighted by Crippen LogP contribution is -2.19. The van der Waals surface area contributed by atoms with Gasteiger partial charge < -0.3 is 10.6 Å². The van der Waals surface area contributed by atoms with Crippen molar-refractivity contribution in [3.63, 3.8) is 0 Å². The summed E-state index contributed by atoms with van der Waals surface area (Å²) in [6.07, 6.45) is 5.58. The van der Waals surface area contributed by atoms with Gasteiger partial charge in [0.1, 0.15) is 0 Å². The number of aryl methyl sites for hydroxylation is 2. The van der Waals surface area contributed by atoms with Crippen LogP contribution in [0.5, 0.6) is 0 Å². The van der Waals surface area contributed by atoms with Crippen molar-refractivity contribution in [1.29, 1.82) is 0 Å². The summed E-state index contributed by atoms with van der Waals surface area (Å²) in [6.45, 7) is 10.2. The predicted molar refractivity (Wildman–Crippen MR) is 136 cm³/mol. The van der Waals surface area contributed by atoms with E-state index in [1.54, 1.807) is 6.20 Å². The van der Waals surface area contributed by atoms with Gasteiger partial charge in [-0.15, -0.1) is 0 Å². The Bertz CT molecular complexity index is 1290. The van der Waals surface area contributed by atoms with Gasteiger partial charge in [0.15, 0.2) is 5.11 Å².